The molecule has 0 spiro atoms. The number of aromatic nitrogens is 1. The Morgan fingerprint density at radius 1 is 1.12 bits per heavy atom. The topological polar surface area (TPSA) is 51.2 Å². The molecule has 0 aliphatic heterocycles. The van der Waals surface area contributed by atoms with Crippen LogP contribution in [-0.4, -0.2) is 10.9 Å². The van der Waals surface area contributed by atoms with Crippen molar-refractivity contribution in [1.29, 1.82) is 0 Å². The zero-order valence-corrected chi connectivity index (χ0v) is 14.6. The van der Waals surface area contributed by atoms with Gasteiger partial charge in [-0.1, -0.05) is 12.1 Å². The molecule has 0 atom stereocenters. The van der Waals surface area contributed by atoms with Crippen molar-refractivity contribution in [3.05, 3.63) is 89.0 Å². The second-order valence-corrected chi connectivity index (χ2v) is 6.04. The van der Waals surface area contributed by atoms with E-state index in [1.54, 1.807) is 36.5 Å². The first-order valence-electron chi connectivity index (χ1n) is 8.24. The number of halogens is 1. The molecule has 0 bridgehead atoms. The second kappa shape index (κ2) is 7.78. The van der Waals surface area contributed by atoms with E-state index in [4.69, 9.17) is 4.74 Å². The van der Waals surface area contributed by atoms with E-state index >= 15 is 0 Å². The van der Waals surface area contributed by atoms with Gasteiger partial charge in [0.05, 0.1) is 6.20 Å². The number of nitrogens with one attached hydrogen (secondary N) is 1. The van der Waals surface area contributed by atoms with Gasteiger partial charge in [0.1, 0.15) is 5.75 Å². The summed E-state index contributed by atoms with van der Waals surface area (Å²) in [5.74, 6) is -0.111. The van der Waals surface area contributed by atoms with Crippen LogP contribution in [0.1, 0.15) is 27.0 Å². The van der Waals surface area contributed by atoms with Gasteiger partial charge in [-0.15, -0.1) is 0 Å². The Balaban J connectivity index is 1.64. The van der Waals surface area contributed by atoms with E-state index < -0.39 is 5.82 Å². The number of amides is 1. The van der Waals surface area contributed by atoms with Gasteiger partial charge in [0, 0.05) is 18.3 Å². The van der Waals surface area contributed by atoms with Crippen molar-refractivity contribution < 1.29 is 13.9 Å². The molecule has 0 saturated heterocycles. The summed E-state index contributed by atoms with van der Waals surface area (Å²) in [5.41, 5.74) is 3.43. The summed E-state index contributed by atoms with van der Waals surface area (Å²) in [5, 5.41) is 2.80. The third kappa shape index (κ3) is 4.25. The molecule has 3 rings (SSSR count). The van der Waals surface area contributed by atoms with E-state index in [-0.39, 0.29) is 18.2 Å². The van der Waals surface area contributed by atoms with Gasteiger partial charge in [0.15, 0.2) is 11.6 Å². The average Bonchev–Trinajstić information content (AvgIpc) is 2.65. The highest BCUT2D eigenvalue weighted by Crippen LogP contribution is 2.24. The molecule has 1 heterocycles. The van der Waals surface area contributed by atoms with Gasteiger partial charge in [-0.25, -0.2) is 4.39 Å². The zero-order chi connectivity index (χ0) is 18.5. The van der Waals surface area contributed by atoms with Crippen LogP contribution in [0.5, 0.6) is 11.5 Å². The molecule has 0 radical (unpaired) electrons. The molecular formula is C21H19FN2O2. The largest absolute Gasteiger partial charge is 0.453 e. The Kier molecular flexibility index (Phi) is 5.27. The first-order chi connectivity index (χ1) is 12.5. The number of aryl methyl sites for hydroxylation is 2. The molecule has 132 valence electrons. The van der Waals surface area contributed by atoms with Crippen LogP contribution in [0.2, 0.25) is 0 Å². The highest BCUT2D eigenvalue weighted by Gasteiger charge is 2.09. The number of hydrogen-bond acceptors (Lipinski definition) is 3. The highest BCUT2D eigenvalue weighted by atomic mass is 19.1. The summed E-state index contributed by atoms with van der Waals surface area (Å²) in [7, 11) is 0. The predicted octanol–water partition coefficient (Wildman–Crippen LogP) is 4.56. The lowest BCUT2D eigenvalue weighted by Crippen LogP contribution is -2.23. The summed E-state index contributed by atoms with van der Waals surface area (Å²) < 4.78 is 19.7. The monoisotopic (exact) mass is 350 g/mol. The van der Waals surface area contributed by atoms with Crippen LogP contribution in [-0.2, 0) is 6.54 Å². The summed E-state index contributed by atoms with van der Waals surface area (Å²) in [4.78, 5) is 16.2. The van der Waals surface area contributed by atoms with Crippen molar-refractivity contribution in [2.24, 2.45) is 0 Å². The lowest BCUT2D eigenvalue weighted by molar-refractivity contribution is 0.0950. The van der Waals surface area contributed by atoms with Crippen LogP contribution in [0.15, 0.2) is 60.9 Å². The van der Waals surface area contributed by atoms with Gasteiger partial charge in [0.2, 0.25) is 0 Å². The molecule has 26 heavy (non-hydrogen) atoms. The van der Waals surface area contributed by atoms with Gasteiger partial charge in [0.25, 0.3) is 5.91 Å². The van der Waals surface area contributed by atoms with E-state index in [9.17, 15) is 9.18 Å². The molecule has 1 N–H and O–H groups in total. The van der Waals surface area contributed by atoms with Crippen molar-refractivity contribution in [2.45, 2.75) is 20.4 Å². The molecular weight excluding hydrogens is 331 g/mol. The quantitative estimate of drug-likeness (QED) is 0.734. The molecule has 1 amide bonds. The Morgan fingerprint density at radius 3 is 2.65 bits per heavy atom. The maximum atomic E-state index is 14.2. The standard InChI is InChI=1S/C21H19FN2O2/c1-14-5-7-17(10-15(14)2)21(25)24-12-16-6-8-20(19(22)11-16)26-18-4-3-9-23-13-18/h3-11,13H,12H2,1-2H3,(H,24,25). The number of carbonyl (C=O) groups excluding carboxylic acids is 1. The Bertz CT molecular complexity index is 927. The fraction of sp³-hybridized carbons (Fsp3) is 0.143. The van der Waals surface area contributed by atoms with E-state index in [1.165, 1.54) is 12.3 Å². The lowest BCUT2D eigenvalue weighted by Gasteiger charge is -2.10. The molecule has 1 aromatic heterocycles. The molecule has 0 saturated carbocycles. The van der Waals surface area contributed by atoms with Crippen molar-refractivity contribution in [3.8, 4) is 11.5 Å². The number of rotatable bonds is 5. The van der Waals surface area contributed by atoms with Crippen LogP contribution in [0.25, 0.3) is 0 Å². The molecule has 2 aromatic carbocycles. The smallest absolute Gasteiger partial charge is 0.251 e. The van der Waals surface area contributed by atoms with Crippen LogP contribution >= 0.6 is 0 Å². The Labute approximate surface area is 151 Å². The summed E-state index contributed by atoms with van der Waals surface area (Å²) in [6.07, 6.45) is 3.13. The van der Waals surface area contributed by atoms with Crippen molar-refractivity contribution in [1.82, 2.24) is 10.3 Å². The minimum atomic E-state index is -0.494. The lowest BCUT2D eigenvalue weighted by atomic mass is 10.1. The first-order valence-corrected chi connectivity index (χ1v) is 8.24. The van der Waals surface area contributed by atoms with Crippen LogP contribution in [0.4, 0.5) is 4.39 Å². The normalized spacial score (nSPS) is 10.4. The molecule has 0 fully saturated rings. The zero-order valence-electron chi connectivity index (χ0n) is 14.6. The van der Waals surface area contributed by atoms with Crippen molar-refractivity contribution in [3.63, 3.8) is 0 Å². The molecule has 0 aliphatic rings. The van der Waals surface area contributed by atoms with Crippen molar-refractivity contribution in [2.75, 3.05) is 0 Å². The number of ether oxygens (including phenoxy) is 1. The fourth-order valence-electron chi connectivity index (χ4n) is 2.44. The predicted molar refractivity (Wildman–Crippen MR) is 97.8 cm³/mol. The van der Waals surface area contributed by atoms with Gasteiger partial charge in [-0.2, -0.15) is 0 Å². The summed E-state index contributed by atoms with van der Waals surface area (Å²) in [6.45, 7) is 4.19. The van der Waals surface area contributed by atoms with E-state index in [0.717, 1.165) is 11.1 Å². The maximum absolute atomic E-state index is 14.2. The average molecular weight is 350 g/mol. The number of pyridine rings is 1. The molecule has 0 aliphatic carbocycles. The number of nitrogens with zero attached hydrogens (tertiary/aromatic N) is 1. The van der Waals surface area contributed by atoms with E-state index in [0.29, 0.717) is 16.9 Å². The molecule has 3 aromatic rings. The Morgan fingerprint density at radius 2 is 1.96 bits per heavy atom. The van der Waals surface area contributed by atoms with Gasteiger partial charge in [-0.05, 0) is 66.9 Å². The van der Waals surface area contributed by atoms with Gasteiger partial charge >= 0.3 is 0 Å². The first kappa shape index (κ1) is 17.6. The van der Waals surface area contributed by atoms with E-state index in [1.807, 2.05) is 26.0 Å². The highest BCUT2D eigenvalue weighted by molar-refractivity contribution is 5.94. The summed E-state index contributed by atoms with van der Waals surface area (Å²) >= 11 is 0. The second-order valence-electron chi connectivity index (χ2n) is 6.04. The van der Waals surface area contributed by atoms with E-state index in [2.05, 4.69) is 10.3 Å². The number of benzene rings is 2. The maximum Gasteiger partial charge on any atom is 0.251 e. The number of hydrogen-bond donors (Lipinski definition) is 1. The van der Waals surface area contributed by atoms with Crippen LogP contribution in [0, 0.1) is 19.7 Å². The minimum absolute atomic E-state index is 0.113. The SMILES string of the molecule is Cc1ccc(C(=O)NCc2ccc(Oc3cccnc3)c(F)c2)cc1C. The fourth-order valence-corrected chi connectivity index (χ4v) is 2.44. The molecule has 4 nitrogen and oxygen atoms in total. The Hall–Kier alpha value is -3.21. The minimum Gasteiger partial charge on any atom is -0.453 e. The third-order valence-corrected chi connectivity index (χ3v) is 4.08. The van der Waals surface area contributed by atoms with Crippen molar-refractivity contribution >= 4 is 5.91 Å². The molecule has 0 unspecified atom stereocenters. The van der Waals surface area contributed by atoms with Crippen LogP contribution < -0.4 is 10.1 Å². The van der Waals surface area contributed by atoms with Gasteiger partial charge in [-0.3, -0.25) is 9.78 Å². The molecule has 5 heteroatoms. The summed E-state index contributed by atoms with van der Waals surface area (Å²) in [6, 6.07) is 13.6. The third-order valence-electron chi connectivity index (χ3n) is 4.08. The van der Waals surface area contributed by atoms with Crippen LogP contribution in [0.3, 0.4) is 0 Å². The van der Waals surface area contributed by atoms with Gasteiger partial charge < -0.3 is 10.1 Å². The number of carbonyl (C=O) groups is 1.